The average molecular weight is 276 g/mol. The molecule has 1 fully saturated rings. The minimum Gasteiger partial charge on any atom is -0.324 e. The van der Waals surface area contributed by atoms with Crippen LogP contribution < -0.4 is 5.73 Å². The number of halogens is 2. The third-order valence-electron chi connectivity index (χ3n) is 3.85. The Labute approximate surface area is 117 Å². The second-order valence-electron chi connectivity index (χ2n) is 5.11. The van der Waals surface area contributed by atoms with Gasteiger partial charge in [-0.2, -0.15) is 0 Å². The van der Waals surface area contributed by atoms with Gasteiger partial charge in [-0.25, -0.2) is 4.39 Å². The standard InChI is InChI=1S/C16H15ClFN/c17-15-7-6-11(18)8-14(15)16(19)13-9-12(13)10-4-2-1-3-5-10/h1-8,12-13,16H,9,19H2. The fourth-order valence-electron chi connectivity index (χ4n) is 2.70. The Morgan fingerprint density at radius 2 is 1.89 bits per heavy atom. The minimum atomic E-state index is -0.285. The van der Waals surface area contributed by atoms with Crippen molar-refractivity contribution >= 4 is 11.6 Å². The van der Waals surface area contributed by atoms with E-state index in [9.17, 15) is 4.39 Å². The molecule has 0 aliphatic heterocycles. The van der Waals surface area contributed by atoms with Gasteiger partial charge in [-0.15, -0.1) is 0 Å². The molecule has 0 amide bonds. The summed E-state index contributed by atoms with van der Waals surface area (Å²) in [7, 11) is 0. The Bertz CT molecular complexity index is 585. The molecule has 2 aromatic rings. The Kier molecular flexibility index (Phi) is 3.29. The summed E-state index contributed by atoms with van der Waals surface area (Å²) >= 11 is 6.11. The highest BCUT2D eigenvalue weighted by atomic mass is 35.5. The van der Waals surface area contributed by atoms with Crippen molar-refractivity contribution in [3.8, 4) is 0 Å². The van der Waals surface area contributed by atoms with Crippen molar-refractivity contribution in [1.82, 2.24) is 0 Å². The zero-order chi connectivity index (χ0) is 13.4. The van der Waals surface area contributed by atoms with Crippen molar-refractivity contribution in [2.75, 3.05) is 0 Å². The van der Waals surface area contributed by atoms with Gasteiger partial charge in [0.1, 0.15) is 5.82 Å². The Balaban J connectivity index is 1.80. The van der Waals surface area contributed by atoms with Crippen LogP contribution in [0.2, 0.25) is 5.02 Å². The van der Waals surface area contributed by atoms with E-state index in [0.29, 0.717) is 22.4 Å². The van der Waals surface area contributed by atoms with Gasteiger partial charge in [0.15, 0.2) is 0 Å². The van der Waals surface area contributed by atoms with Gasteiger partial charge in [0, 0.05) is 11.1 Å². The van der Waals surface area contributed by atoms with Gasteiger partial charge in [0.05, 0.1) is 0 Å². The van der Waals surface area contributed by atoms with Crippen LogP contribution in [0.1, 0.15) is 29.5 Å². The normalized spacial score (nSPS) is 23.1. The molecule has 3 rings (SSSR count). The van der Waals surface area contributed by atoms with E-state index in [0.717, 1.165) is 6.42 Å². The second-order valence-corrected chi connectivity index (χ2v) is 5.52. The minimum absolute atomic E-state index is 0.201. The van der Waals surface area contributed by atoms with E-state index in [-0.39, 0.29) is 11.9 Å². The van der Waals surface area contributed by atoms with Crippen LogP contribution in [0.5, 0.6) is 0 Å². The Hall–Kier alpha value is -1.38. The highest BCUT2D eigenvalue weighted by Gasteiger charge is 2.43. The summed E-state index contributed by atoms with van der Waals surface area (Å²) in [6, 6.07) is 14.5. The molecule has 0 radical (unpaired) electrons. The monoisotopic (exact) mass is 275 g/mol. The lowest BCUT2D eigenvalue weighted by Crippen LogP contribution is -2.14. The van der Waals surface area contributed by atoms with Crippen molar-refractivity contribution in [3.63, 3.8) is 0 Å². The van der Waals surface area contributed by atoms with Gasteiger partial charge >= 0.3 is 0 Å². The molecule has 0 spiro atoms. The lowest BCUT2D eigenvalue weighted by atomic mass is 9.99. The van der Waals surface area contributed by atoms with E-state index >= 15 is 0 Å². The highest BCUT2D eigenvalue weighted by molar-refractivity contribution is 6.31. The van der Waals surface area contributed by atoms with Crippen molar-refractivity contribution in [1.29, 1.82) is 0 Å². The molecule has 0 bridgehead atoms. The topological polar surface area (TPSA) is 26.0 Å². The van der Waals surface area contributed by atoms with E-state index in [1.165, 1.54) is 17.7 Å². The fourth-order valence-corrected chi connectivity index (χ4v) is 2.94. The molecule has 1 saturated carbocycles. The zero-order valence-electron chi connectivity index (χ0n) is 10.4. The molecule has 1 nitrogen and oxygen atoms in total. The van der Waals surface area contributed by atoms with E-state index in [1.54, 1.807) is 6.07 Å². The Morgan fingerprint density at radius 3 is 2.63 bits per heavy atom. The van der Waals surface area contributed by atoms with Crippen LogP contribution in [-0.2, 0) is 0 Å². The molecule has 0 heterocycles. The maximum absolute atomic E-state index is 13.3. The maximum Gasteiger partial charge on any atom is 0.123 e. The van der Waals surface area contributed by atoms with Crippen LogP contribution in [0.25, 0.3) is 0 Å². The third-order valence-corrected chi connectivity index (χ3v) is 4.19. The summed E-state index contributed by atoms with van der Waals surface area (Å²) in [5, 5.41) is 0.549. The molecule has 3 atom stereocenters. The average Bonchev–Trinajstić information content (AvgIpc) is 3.22. The molecule has 3 heteroatoms. The first-order chi connectivity index (χ1) is 9.16. The number of hydrogen-bond donors (Lipinski definition) is 1. The van der Waals surface area contributed by atoms with Gasteiger partial charge in [0.25, 0.3) is 0 Å². The second kappa shape index (κ2) is 4.95. The zero-order valence-corrected chi connectivity index (χ0v) is 11.1. The van der Waals surface area contributed by atoms with Crippen molar-refractivity contribution in [3.05, 3.63) is 70.5 Å². The number of nitrogens with two attached hydrogens (primary N) is 1. The van der Waals surface area contributed by atoms with Crippen molar-refractivity contribution < 1.29 is 4.39 Å². The summed E-state index contributed by atoms with van der Waals surface area (Å²) in [6.07, 6.45) is 1.04. The van der Waals surface area contributed by atoms with Gasteiger partial charge < -0.3 is 5.73 Å². The van der Waals surface area contributed by atoms with Crippen LogP contribution in [0, 0.1) is 11.7 Å². The van der Waals surface area contributed by atoms with Gasteiger partial charge in [-0.1, -0.05) is 41.9 Å². The summed E-state index contributed by atoms with van der Waals surface area (Å²) in [5.41, 5.74) is 8.26. The van der Waals surface area contributed by atoms with E-state index in [1.807, 2.05) is 18.2 Å². The van der Waals surface area contributed by atoms with Gasteiger partial charge in [-0.05, 0) is 47.6 Å². The van der Waals surface area contributed by atoms with Gasteiger partial charge in [0.2, 0.25) is 0 Å². The fraction of sp³-hybridized carbons (Fsp3) is 0.250. The lowest BCUT2D eigenvalue weighted by Gasteiger charge is -2.14. The predicted octanol–water partition coefficient (Wildman–Crippen LogP) is 4.28. The SMILES string of the molecule is NC(c1cc(F)ccc1Cl)C1CC1c1ccccc1. The molecule has 1 aliphatic carbocycles. The maximum atomic E-state index is 13.3. The van der Waals surface area contributed by atoms with Gasteiger partial charge in [-0.3, -0.25) is 0 Å². The quantitative estimate of drug-likeness (QED) is 0.889. The first kappa shape index (κ1) is 12.6. The van der Waals surface area contributed by atoms with Crippen molar-refractivity contribution in [2.24, 2.45) is 11.7 Å². The largest absolute Gasteiger partial charge is 0.324 e. The van der Waals surface area contributed by atoms with Crippen molar-refractivity contribution in [2.45, 2.75) is 18.4 Å². The molecule has 98 valence electrons. The molecule has 0 saturated heterocycles. The highest BCUT2D eigenvalue weighted by Crippen LogP contribution is 2.53. The number of hydrogen-bond acceptors (Lipinski definition) is 1. The molecule has 19 heavy (non-hydrogen) atoms. The number of benzene rings is 2. The van der Waals surface area contributed by atoms with E-state index in [4.69, 9.17) is 17.3 Å². The van der Waals surface area contributed by atoms with E-state index in [2.05, 4.69) is 12.1 Å². The lowest BCUT2D eigenvalue weighted by molar-refractivity contribution is 0.593. The summed E-state index contributed by atoms with van der Waals surface area (Å²) < 4.78 is 13.3. The molecular weight excluding hydrogens is 261 g/mol. The first-order valence-corrected chi connectivity index (χ1v) is 6.80. The molecular formula is C16H15ClFN. The molecule has 2 aromatic carbocycles. The first-order valence-electron chi connectivity index (χ1n) is 6.42. The smallest absolute Gasteiger partial charge is 0.123 e. The van der Waals surface area contributed by atoms with Crippen LogP contribution in [-0.4, -0.2) is 0 Å². The summed E-state index contributed by atoms with van der Waals surface area (Å²) in [4.78, 5) is 0. The van der Waals surface area contributed by atoms with Crippen LogP contribution in [0.4, 0.5) is 4.39 Å². The van der Waals surface area contributed by atoms with E-state index < -0.39 is 0 Å². The molecule has 1 aliphatic rings. The Morgan fingerprint density at radius 1 is 1.16 bits per heavy atom. The third kappa shape index (κ3) is 2.51. The number of rotatable bonds is 3. The van der Waals surface area contributed by atoms with Crippen LogP contribution in [0.15, 0.2) is 48.5 Å². The predicted molar refractivity (Wildman–Crippen MR) is 75.6 cm³/mol. The molecule has 2 N–H and O–H groups in total. The van der Waals surface area contributed by atoms with Crippen LogP contribution in [0.3, 0.4) is 0 Å². The summed E-state index contributed by atoms with van der Waals surface area (Å²) in [6.45, 7) is 0. The summed E-state index contributed by atoms with van der Waals surface area (Å²) in [5.74, 6) is 0.531. The van der Waals surface area contributed by atoms with Crippen LogP contribution >= 0.6 is 11.6 Å². The molecule has 3 unspecified atom stereocenters. The molecule has 0 aromatic heterocycles.